The first-order valence-electron chi connectivity index (χ1n) is 18.3. The van der Waals surface area contributed by atoms with Gasteiger partial charge < -0.3 is 0 Å². The third-order valence-corrected chi connectivity index (χ3v) is 12.2. The Labute approximate surface area is 301 Å². The number of hydrogen-bond donors (Lipinski definition) is 0. The minimum Gasteiger partial charge on any atom is -0.0619 e. The lowest BCUT2D eigenvalue weighted by Gasteiger charge is -2.36. The molecule has 0 saturated heterocycles. The molecule has 0 heterocycles. The second-order valence-electron chi connectivity index (χ2n) is 15.3. The van der Waals surface area contributed by atoms with Crippen molar-refractivity contribution in [1.29, 1.82) is 0 Å². The van der Waals surface area contributed by atoms with Gasteiger partial charge in [0, 0.05) is 5.41 Å². The van der Waals surface area contributed by atoms with Crippen LogP contribution in [0.25, 0.3) is 43.8 Å². The van der Waals surface area contributed by atoms with Gasteiger partial charge >= 0.3 is 0 Å². The highest BCUT2D eigenvalue weighted by Gasteiger charge is 2.51. The first kappa shape index (κ1) is 30.1. The van der Waals surface area contributed by atoms with E-state index < -0.39 is 10.8 Å². The van der Waals surface area contributed by atoms with Crippen molar-refractivity contribution in [3.05, 3.63) is 213 Å². The second kappa shape index (κ2) is 10.6. The molecule has 0 fully saturated rings. The predicted octanol–water partition coefficient (Wildman–Crippen LogP) is 12.9. The monoisotopic (exact) mass is 652 g/mol. The van der Waals surface area contributed by atoms with Gasteiger partial charge in [0.2, 0.25) is 0 Å². The number of fused-ring (bicyclic) bond motifs is 11. The van der Waals surface area contributed by atoms with Gasteiger partial charge in [0.25, 0.3) is 0 Å². The van der Waals surface area contributed by atoms with Crippen LogP contribution in [0.5, 0.6) is 0 Å². The molecule has 51 heavy (non-hydrogen) atoms. The first-order chi connectivity index (χ1) is 24.8. The van der Waals surface area contributed by atoms with Crippen LogP contribution in [0.15, 0.2) is 152 Å². The van der Waals surface area contributed by atoms with Gasteiger partial charge in [-0.25, -0.2) is 0 Å². The zero-order valence-corrected chi connectivity index (χ0v) is 29.9. The van der Waals surface area contributed by atoms with E-state index in [1.165, 1.54) is 105 Å². The predicted molar refractivity (Wildman–Crippen MR) is 215 cm³/mol. The van der Waals surface area contributed by atoms with Crippen LogP contribution in [0, 0.1) is 27.7 Å². The molecule has 0 saturated carbocycles. The summed E-state index contributed by atoms with van der Waals surface area (Å²) in [5.41, 5.74) is 19.2. The summed E-state index contributed by atoms with van der Waals surface area (Å²) >= 11 is 0. The fraction of sp³-hybridized carbons (Fsp3) is 0.137. The Balaban J connectivity index is 1.41. The SMILES string of the molecule is Cc1ccc(C2(c3ccc(C)cc3)c3ccccc3-c3c(C4(C)c5cc(C)ccc5-c5c4c4ccccc4c4ccccc54)cc(C)cc32)cc1. The highest BCUT2D eigenvalue weighted by Crippen LogP contribution is 2.63. The highest BCUT2D eigenvalue weighted by molar-refractivity contribution is 6.19. The molecule has 0 aliphatic heterocycles. The van der Waals surface area contributed by atoms with Crippen LogP contribution in [-0.4, -0.2) is 0 Å². The van der Waals surface area contributed by atoms with Crippen molar-refractivity contribution in [2.45, 2.75) is 45.4 Å². The summed E-state index contributed by atoms with van der Waals surface area (Å²) in [5.74, 6) is 0. The van der Waals surface area contributed by atoms with Crippen LogP contribution in [0.1, 0.15) is 68.1 Å². The molecule has 1 unspecified atom stereocenters. The Bertz CT molecular complexity index is 2680. The maximum atomic E-state index is 2.52. The summed E-state index contributed by atoms with van der Waals surface area (Å²) in [7, 11) is 0. The van der Waals surface area contributed by atoms with Gasteiger partial charge in [-0.1, -0.05) is 174 Å². The normalized spacial score (nSPS) is 16.6. The number of rotatable bonds is 3. The fourth-order valence-corrected chi connectivity index (χ4v) is 9.98. The van der Waals surface area contributed by atoms with E-state index in [-0.39, 0.29) is 0 Å². The fourth-order valence-electron chi connectivity index (χ4n) is 9.98. The summed E-state index contributed by atoms with van der Waals surface area (Å²) in [4.78, 5) is 0. The third kappa shape index (κ3) is 3.91. The molecule has 10 rings (SSSR count). The average Bonchev–Trinajstić information content (AvgIpc) is 3.59. The molecule has 244 valence electrons. The van der Waals surface area contributed by atoms with Crippen LogP contribution < -0.4 is 0 Å². The standard InChI is InChI=1S/C51H40/c1-31-18-23-35(24-19-31)51(36-25-20-32(2)21-26-36)43-17-11-10-16-41(43)48-45(29-34(4)30-46(48)51)50(5)44-28-33(3)22-27-42(44)47-39-14-8-6-12-37(39)38-13-7-9-15-40(38)49(47)50/h6-30H,1-5H3. The Morgan fingerprint density at radius 1 is 0.353 bits per heavy atom. The topological polar surface area (TPSA) is 0 Å². The zero-order valence-electron chi connectivity index (χ0n) is 29.9. The van der Waals surface area contributed by atoms with Gasteiger partial charge in [0.15, 0.2) is 0 Å². The van der Waals surface area contributed by atoms with E-state index in [0.29, 0.717) is 0 Å². The molecule has 0 bridgehead atoms. The Hall–Kier alpha value is -5.72. The van der Waals surface area contributed by atoms with Crippen molar-refractivity contribution < 1.29 is 0 Å². The molecule has 0 amide bonds. The van der Waals surface area contributed by atoms with E-state index in [9.17, 15) is 0 Å². The van der Waals surface area contributed by atoms with Crippen molar-refractivity contribution in [2.24, 2.45) is 0 Å². The molecular weight excluding hydrogens is 613 g/mol. The molecule has 8 aromatic rings. The molecule has 2 aliphatic carbocycles. The largest absolute Gasteiger partial charge is 0.0713 e. The Morgan fingerprint density at radius 3 is 1.51 bits per heavy atom. The van der Waals surface area contributed by atoms with Crippen LogP contribution in [-0.2, 0) is 10.8 Å². The second-order valence-corrected chi connectivity index (χ2v) is 15.3. The smallest absolute Gasteiger partial charge is 0.0619 e. The van der Waals surface area contributed by atoms with Crippen molar-refractivity contribution in [3.8, 4) is 22.3 Å². The van der Waals surface area contributed by atoms with E-state index in [4.69, 9.17) is 0 Å². The van der Waals surface area contributed by atoms with Gasteiger partial charge in [0.05, 0.1) is 5.41 Å². The molecule has 0 heteroatoms. The molecule has 0 nitrogen and oxygen atoms in total. The molecular formula is C51H40. The Kier molecular flexibility index (Phi) is 6.29. The van der Waals surface area contributed by atoms with Crippen molar-refractivity contribution in [2.75, 3.05) is 0 Å². The minimum atomic E-state index is -0.465. The van der Waals surface area contributed by atoms with E-state index in [2.05, 4.69) is 186 Å². The lowest BCUT2D eigenvalue weighted by atomic mass is 9.65. The molecule has 1 atom stereocenters. The van der Waals surface area contributed by atoms with E-state index >= 15 is 0 Å². The maximum Gasteiger partial charge on any atom is 0.0713 e. The molecule has 8 aromatic carbocycles. The zero-order chi connectivity index (χ0) is 34.6. The van der Waals surface area contributed by atoms with E-state index in [0.717, 1.165) is 0 Å². The average molecular weight is 653 g/mol. The van der Waals surface area contributed by atoms with E-state index in [1.54, 1.807) is 0 Å². The molecule has 0 spiro atoms. The van der Waals surface area contributed by atoms with Gasteiger partial charge in [-0.3, -0.25) is 0 Å². The molecule has 0 aromatic heterocycles. The Morgan fingerprint density at radius 2 is 0.843 bits per heavy atom. The van der Waals surface area contributed by atoms with Gasteiger partial charge in [0.1, 0.15) is 0 Å². The number of benzene rings is 8. The molecule has 0 N–H and O–H groups in total. The maximum absolute atomic E-state index is 2.52. The molecule has 2 aliphatic rings. The highest BCUT2D eigenvalue weighted by atomic mass is 14.5. The van der Waals surface area contributed by atoms with Crippen LogP contribution >= 0.6 is 0 Å². The summed E-state index contributed by atoms with van der Waals surface area (Å²) in [5, 5.41) is 5.31. The summed E-state index contributed by atoms with van der Waals surface area (Å²) in [6.07, 6.45) is 0. The summed E-state index contributed by atoms with van der Waals surface area (Å²) < 4.78 is 0. The number of aryl methyl sites for hydroxylation is 4. The lowest BCUT2D eigenvalue weighted by Crippen LogP contribution is -2.29. The van der Waals surface area contributed by atoms with Crippen molar-refractivity contribution in [1.82, 2.24) is 0 Å². The van der Waals surface area contributed by atoms with Crippen LogP contribution in [0.2, 0.25) is 0 Å². The third-order valence-electron chi connectivity index (χ3n) is 12.2. The van der Waals surface area contributed by atoms with Gasteiger partial charge in [-0.05, 0) is 117 Å². The lowest BCUT2D eigenvalue weighted by molar-refractivity contribution is 0.715. The van der Waals surface area contributed by atoms with Crippen LogP contribution in [0.4, 0.5) is 0 Å². The van der Waals surface area contributed by atoms with Gasteiger partial charge in [-0.2, -0.15) is 0 Å². The molecule has 0 radical (unpaired) electrons. The first-order valence-corrected chi connectivity index (χ1v) is 18.3. The van der Waals surface area contributed by atoms with Crippen LogP contribution in [0.3, 0.4) is 0 Å². The number of hydrogen-bond acceptors (Lipinski definition) is 0. The van der Waals surface area contributed by atoms with Crippen molar-refractivity contribution in [3.63, 3.8) is 0 Å². The van der Waals surface area contributed by atoms with E-state index in [1.807, 2.05) is 0 Å². The summed E-state index contributed by atoms with van der Waals surface area (Å²) in [6.45, 7) is 11.4. The minimum absolute atomic E-state index is 0.416. The van der Waals surface area contributed by atoms with Gasteiger partial charge in [-0.15, -0.1) is 0 Å². The van der Waals surface area contributed by atoms with Crippen molar-refractivity contribution >= 4 is 21.5 Å². The quantitative estimate of drug-likeness (QED) is 0.167. The summed E-state index contributed by atoms with van der Waals surface area (Å²) in [6, 6.07) is 58.2.